The number of pyridine rings is 1. The average molecular weight is 231 g/mol. The minimum atomic E-state index is 0.838. The van der Waals surface area contributed by atoms with E-state index >= 15 is 0 Å². The van der Waals surface area contributed by atoms with Gasteiger partial charge in [-0.15, -0.1) is 11.3 Å². The maximum absolute atomic E-state index is 4.48. The van der Waals surface area contributed by atoms with Crippen molar-refractivity contribution in [3.05, 3.63) is 40.1 Å². The predicted octanol–water partition coefficient (Wildman–Crippen LogP) is 2.64. The van der Waals surface area contributed by atoms with Crippen LogP contribution in [0.25, 0.3) is 0 Å². The van der Waals surface area contributed by atoms with Gasteiger partial charge in [0.2, 0.25) is 0 Å². The molecule has 0 saturated carbocycles. The molecule has 4 heteroatoms. The molecule has 0 radical (unpaired) electrons. The third-order valence-electron chi connectivity index (χ3n) is 2.87. The Morgan fingerprint density at radius 2 is 2.31 bits per heavy atom. The van der Waals surface area contributed by atoms with Gasteiger partial charge >= 0.3 is 0 Å². The summed E-state index contributed by atoms with van der Waals surface area (Å²) in [6.45, 7) is 0.838. The van der Waals surface area contributed by atoms with Crippen LogP contribution < -0.4 is 5.32 Å². The zero-order chi connectivity index (χ0) is 10.8. The van der Waals surface area contributed by atoms with Gasteiger partial charge in [-0.05, 0) is 30.9 Å². The SMILES string of the molecule is c1ncc(CNc2cnc3c(c2)CCC3)s1. The first-order chi connectivity index (χ1) is 7.92. The first kappa shape index (κ1) is 9.78. The van der Waals surface area contributed by atoms with Crippen molar-refractivity contribution in [3.8, 4) is 0 Å². The van der Waals surface area contributed by atoms with E-state index in [2.05, 4.69) is 21.4 Å². The van der Waals surface area contributed by atoms with Crippen LogP contribution in [0.15, 0.2) is 24.0 Å². The van der Waals surface area contributed by atoms with E-state index in [0.717, 1.165) is 18.7 Å². The topological polar surface area (TPSA) is 37.8 Å². The van der Waals surface area contributed by atoms with Crippen LogP contribution in [0.5, 0.6) is 0 Å². The molecular weight excluding hydrogens is 218 g/mol. The summed E-state index contributed by atoms with van der Waals surface area (Å²) in [7, 11) is 0. The molecular formula is C12H13N3S. The molecule has 0 unspecified atom stereocenters. The third kappa shape index (κ3) is 1.93. The molecule has 1 N–H and O–H groups in total. The number of hydrogen-bond acceptors (Lipinski definition) is 4. The van der Waals surface area contributed by atoms with Crippen molar-refractivity contribution < 1.29 is 0 Å². The average Bonchev–Trinajstić information content (AvgIpc) is 2.97. The molecule has 0 fully saturated rings. The Hall–Kier alpha value is -1.42. The smallest absolute Gasteiger partial charge is 0.0794 e. The second-order valence-corrected chi connectivity index (χ2v) is 4.98. The normalized spacial score (nSPS) is 13.8. The van der Waals surface area contributed by atoms with Crippen molar-refractivity contribution in [2.45, 2.75) is 25.8 Å². The minimum Gasteiger partial charge on any atom is -0.379 e. The monoisotopic (exact) mass is 231 g/mol. The van der Waals surface area contributed by atoms with Crippen LogP contribution in [0, 0.1) is 0 Å². The van der Waals surface area contributed by atoms with Crippen LogP contribution in [0.1, 0.15) is 22.6 Å². The van der Waals surface area contributed by atoms with Crippen molar-refractivity contribution in [3.63, 3.8) is 0 Å². The molecule has 1 aliphatic rings. The number of aryl methyl sites for hydroxylation is 2. The fraction of sp³-hybridized carbons (Fsp3) is 0.333. The van der Waals surface area contributed by atoms with Gasteiger partial charge in [0.25, 0.3) is 0 Å². The molecule has 82 valence electrons. The number of rotatable bonds is 3. The third-order valence-corrected chi connectivity index (χ3v) is 3.65. The van der Waals surface area contributed by atoms with E-state index in [1.165, 1.54) is 29.0 Å². The van der Waals surface area contributed by atoms with Gasteiger partial charge in [-0.25, -0.2) is 0 Å². The lowest BCUT2D eigenvalue weighted by atomic mass is 10.2. The van der Waals surface area contributed by atoms with Gasteiger partial charge in [-0.1, -0.05) is 0 Å². The standard InChI is InChI=1S/C12H13N3S/c1-2-9-4-10(5-15-12(9)3-1)14-7-11-6-13-8-16-11/h4-6,8,14H,1-3,7H2. The summed E-state index contributed by atoms with van der Waals surface area (Å²) >= 11 is 1.67. The van der Waals surface area contributed by atoms with Gasteiger partial charge in [-0.2, -0.15) is 0 Å². The molecule has 0 bridgehead atoms. The summed E-state index contributed by atoms with van der Waals surface area (Å²) < 4.78 is 0. The van der Waals surface area contributed by atoms with Crippen molar-refractivity contribution in [1.82, 2.24) is 9.97 Å². The summed E-state index contributed by atoms with van der Waals surface area (Å²) in [6, 6.07) is 2.23. The van der Waals surface area contributed by atoms with Gasteiger partial charge in [-0.3, -0.25) is 9.97 Å². The Morgan fingerprint density at radius 1 is 1.31 bits per heavy atom. The molecule has 3 nitrogen and oxygen atoms in total. The van der Waals surface area contributed by atoms with Crippen LogP contribution in [0.2, 0.25) is 0 Å². The molecule has 0 aromatic carbocycles. The van der Waals surface area contributed by atoms with E-state index in [-0.39, 0.29) is 0 Å². The van der Waals surface area contributed by atoms with Crippen molar-refractivity contribution in [1.29, 1.82) is 0 Å². The molecule has 2 heterocycles. The van der Waals surface area contributed by atoms with Gasteiger partial charge in [0.05, 0.1) is 23.9 Å². The number of nitrogens with one attached hydrogen (secondary N) is 1. The molecule has 0 saturated heterocycles. The maximum Gasteiger partial charge on any atom is 0.0794 e. The summed E-state index contributed by atoms with van der Waals surface area (Å²) in [5.74, 6) is 0. The zero-order valence-electron chi connectivity index (χ0n) is 8.94. The molecule has 1 aliphatic carbocycles. The highest BCUT2D eigenvalue weighted by Gasteiger charge is 2.12. The van der Waals surface area contributed by atoms with E-state index in [1.807, 2.05) is 17.9 Å². The van der Waals surface area contributed by atoms with E-state index < -0.39 is 0 Å². The molecule has 0 aliphatic heterocycles. The maximum atomic E-state index is 4.48. The Kier molecular flexibility index (Phi) is 2.58. The number of thiazole rings is 1. The van der Waals surface area contributed by atoms with Crippen LogP contribution in [0.4, 0.5) is 5.69 Å². The highest BCUT2D eigenvalue weighted by Crippen LogP contribution is 2.22. The molecule has 16 heavy (non-hydrogen) atoms. The van der Waals surface area contributed by atoms with Gasteiger partial charge in [0.15, 0.2) is 0 Å². The van der Waals surface area contributed by atoms with E-state index in [1.54, 1.807) is 11.3 Å². The number of hydrogen-bond donors (Lipinski definition) is 1. The molecule has 2 aromatic rings. The van der Waals surface area contributed by atoms with Gasteiger partial charge in [0.1, 0.15) is 0 Å². The highest BCUT2D eigenvalue weighted by atomic mass is 32.1. The second-order valence-electron chi connectivity index (χ2n) is 4.00. The van der Waals surface area contributed by atoms with Crippen LogP contribution in [0.3, 0.4) is 0 Å². The van der Waals surface area contributed by atoms with E-state index in [9.17, 15) is 0 Å². The minimum absolute atomic E-state index is 0.838. The van der Waals surface area contributed by atoms with E-state index in [0.29, 0.717) is 0 Å². The van der Waals surface area contributed by atoms with Crippen molar-refractivity contribution in [2.24, 2.45) is 0 Å². The van der Waals surface area contributed by atoms with Gasteiger partial charge < -0.3 is 5.32 Å². The van der Waals surface area contributed by atoms with E-state index in [4.69, 9.17) is 0 Å². The molecule has 0 spiro atoms. The van der Waals surface area contributed by atoms with Crippen molar-refractivity contribution in [2.75, 3.05) is 5.32 Å². The molecule has 0 amide bonds. The van der Waals surface area contributed by atoms with Crippen LogP contribution >= 0.6 is 11.3 Å². The fourth-order valence-corrected chi connectivity index (χ4v) is 2.58. The Bertz CT molecular complexity index is 479. The number of aromatic nitrogens is 2. The Morgan fingerprint density at radius 3 is 3.19 bits per heavy atom. The van der Waals surface area contributed by atoms with Crippen LogP contribution in [-0.2, 0) is 19.4 Å². The highest BCUT2D eigenvalue weighted by molar-refractivity contribution is 7.09. The molecule has 2 aromatic heterocycles. The summed E-state index contributed by atoms with van der Waals surface area (Å²) in [5.41, 5.74) is 5.67. The lowest BCUT2D eigenvalue weighted by Crippen LogP contribution is -1.99. The Balaban J connectivity index is 1.71. The van der Waals surface area contributed by atoms with Crippen molar-refractivity contribution >= 4 is 17.0 Å². The first-order valence-electron chi connectivity index (χ1n) is 5.51. The number of nitrogens with zero attached hydrogens (tertiary/aromatic N) is 2. The quantitative estimate of drug-likeness (QED) is 0.882. The zero-order valence-corrected chi connectivity index (χ0v) is 9.76. The Labute approximate surface area is 98.6 Å². The summed E-state index contributed by atoms with van der Waals surface area (Å²) in [5, 5.41) is 3.38. The molecule has 3 rings (SSSR count). The largest absolute Gasteiger partial charge is 0.379 e. The number of fused-ring (bicyclic) bond motifs is 1. The predicted molar refractivity (Wildman–Crippen MR) is 65.7 cm³/mol. The lowest BCUT2D eigenvalue weighted by molar-refractivity contribution is 0.899. The lowest BCUT2D eigenvalue weighted by Gasteiger charge is -2.06. The number of anilines is 1. The molecule has 0 atom stereocenters. The van der Waals surface area contributed by atoms with Gasteiger partial charge in [0, 0.05) is 16.8 Å². The second kappa shape index (κ2) is 4.22. The fourth-order valence-electron chi connectivity index (χ4n) is 2.04. The summed E-state index contributed by atoms with van der Waals surface area (Å²) in [6.07, 6.45) is 7.41. The summed E-state index contributed by atoms with van der Waals surface area (Å²) in [4.78, 5) is 9.79. The van der Waals surface area contributed by atoms with Crippen LogP contribution in [-0.4, -0.2) is 9.97 Å². The first-order valence-corrected chi connectivity index (χ1v) is 6.39.